The van der Waals surface area contributed by atoms with Crippen molar-refractivity contribution >= 4 is 11.7 Å². The normalized spacial score (nSPS) is 28.5. The van der Waals surface area contributed by atoms with Gasteiger partial charge in [0.05, 0.1) is 0 Å². The van der Waals surface area contributed by atoms with Crippen LogP contribution in [0.3, 0.4) is 0 Å². The third-order valence-corrected chi connectivity index (χ3v) is 4.04. The minimum Gasteiger partial charge on any atom is -0.409 e. The van der Waals surface area contributed by atoms with E-state index in [9.17, 15) is 0 Å². The van der Waals surface area contributed by atoms with E-state index in [4.69, 9.17) is 10.9 Å². The van der Waals surface area contributed by atoms with Gasteiger partial charge in [-0.3, -0.25) is 0 Å². The molecule has 0 bridgehead atoms. The van der Waals surface area contributed by atoms with Crippen LogP contribution in [-0.2, 0) is 0 Å². The molecule has 1 aliphatic rings. The van der Waals surface area contributed by atoms with Gasteiger partial charge in [-0.05, 0) is 37.3 Å². The number of hydrogen-bond donors (Lipinski definition) is 2. The quantitative estimate of drug-likeness (QED) is 0.370. The number of aromatic nitrogens is 1. The van der Waals surface area contributed by atoms with E-state index in [1.54, 1.807) is 6.20 Å². The van der Waals surface area contributed by atoms with Gasteiger partial charge in [-0.1, -0.05) is 19.0 Å². The van der Waals surface area contributed by atoms with E-state index < -0.39 is 0 Å². The number of anilines is 1. The van der Waals surface area contributed by atoms with Crippen molar-refractivity contribution in [1.29, 1.82) is 0 Å². The van der Waals surface area contributed by atoms with E-state index >= 15 is 0 Å². The Hall–Kier alpha value is -1.78. The predicted octanol–water partition coefficient (Wildman–Crippen LogP) is 2.05. The smallest absolute Gasteiger partial charge is 0.171 e. The van der Waals surface area contributed by atoms with E-state index in [0.717, 1.165) is 12.4 Å². The Kier molecular flexibility index (Phi) is 3.93. The fraction of sp³-hybridized carbons (Fsp3) is 0.571. The maximum atomic E-state index is 8.64. The SMILES string of the molecule is CC1CC(C)C(C)N(c2ccc(/C(N)=N/O)cn2)C1. The maximum absolute atomic E-state index is 8.64. The van der Waals surface area contributed by atoms with Crippen LogP contribution in [0.4, 0.5) is 5.82 Å². The molecule has 0 aromatic carbocycles. The number of rotatable bonds is 2. The summed E-state index contributed by atoms with van der Waals surface area (Å²) in [6, 6.07) is 4.27. The molecule has 1 aromatic heterocycles. The highest BCUT2D eigenvalue weighted by atomic mass is 16.4. The monoisotopic (exact) mass is 262 g/mol. The molecule has 1 aliphatic heterocycles. The van der Waals surface area contributed by atoms with Gasteiger partial charge >= 0.3 is 0 Å². The predicted molar refractivity (Wildman–Crippen MR) is 76.5 cm³/mol. The van der Waals surface area contributed by atoms with Crippen LogP contribution in [0.1, 0.15) is 32.8 Å². The van der Waals surface area contributed by atoms with Crippen molar-refractivity contribution in [2.24, 2.45) is 22.7 Å². The molecular weight excluding hydrogens is 240 g/mol. The highest BCUT2D eigenvalue weighted by Gasteiger charge is 2.29. The molecule has 5 nitrogen and oxygen atoms in total. The third-order valence-electron chi connectivity index (χ3n) is 4.04. The van der Waals surface area contributed by atoms with Crippen molar-refractivity contribution in [2.75, 3.05) is 11.4 Å². The number of piperidine rings is 1. The molecule has 0 saturated carbocycles. The molecule has 0 aliphatic carbocycles. The topological polar surface area (TPSA) is 74.7 Å². The highest BCUT2D eigenvalue weighted by Crippen LogP contribution is 2.30. The second-order valence-electron chi connectivity index (χ2n) is 5.60. The van der Waals surface area contributed by atoms with Gasteiger partial charge in [0.2, 0.25) is 0 Å². The second kappa shape index (κ2) is 5.47. The average molecular weight is 262 g/mol. The van der Waals surface area contributed by atoms with Crippen molar-refractivity contribution in [3.05, 3.63) is 23.9 Å². The summed E-state index contributed by atoms with van der Waals surface area (Å²) in [7, 11) is 0. The molecule has 1 aromatic rings. The molecular formula is C14H22N4O. The lowest BCUT2D eigenvalue weighted by atomic mass is 9.86. The first kappa shape index (κ1) is 13.6. The molecule has 2 rings (SSSR count). The molecule has 0 spiro atoms. The largest absolute Gasteiger partial charge is 0.409 e. The lowest BCUT2D eigenvalue weighted by Gasteiger charge is -2.41. The molecule has 19 heavy (non-hydrogen) atoms. The van der Waals surface area contributed by atoms with Gasteiger partial charge in [0.25, 0.3) is 0 Å². The summed E-state index contributed by atoms with van der Waals surface area (Å²) in [5, 5.41) is 11.6. The summed E-state index contributed by atoms with van der Waals surface area (Å²) in [5.74, 6) is 2.39. The lowest BCUT2D eigenvalue weighted by molar-refractivity contribution is 0.295. The fourth-order valence-corrected chi connectivity index (χ4v) is 2.78. The summed E-state index contributed by atoms with van der Waals surface area (Å²) in [6.45, 7) is 7.84. The van der Waals surface area contributed by atoms with E-state index in [1.165, 1.54) is 6.42 Å². The molecule has 1 saturated heterocycles. The number of nitrogens with two attached hydrogens (primary N) is 1. The van der Waals surface area contributed by atoms with Gasteiger partial charge in [0.15, 0.2) is 5.84 Å². The number of oxime groups is 1. The molecule has 0 amide bonds. The Bertz CT molecular complexity index is 457. The first-order valence-corrected chi connectivity index (χ1v) is 6.73. The van der Waals surface area contributed by atoms with Crippen LogP contribution in [0.2, 0.25) is 0 Å². The van der Waals surface area contributed by atoms with Crippen LogP contribution in [0, 0.1) is 11.8 Å². The number of nitrogens with zero attached hydrogens (tertiary/aromatic N) is 3. The Labute approximate surface area is 114 Å². The highest BCUT2D eigenvalue weighted by molar-refractivity contribution is 5.96. The van der Waals surface area contributed by atoms with E-state index in [-0.39, 0.29) is 5.84 Å². The van der Waals surface area contributed by atoms with Crippen LogP contribution in [-0.4, -0.2) is 28.6 Å². The van der Waals surface area contributed by atoms with Crippen LogP contribution < -0.4 is 10.6 Å². The Morgan fingerprint density at radius 1 is 1.42 bits per heavy atom. The molecule has 2 heterocycles. The zero-order chi connectivity index (χ0) is 14.0. The Balaban J connectivity index is 2.21. The molecule has 5 heteroatoms. The summed E-state index contributed by atoms with van der Waals surface area (Å²) >= 11 is 0. The van der Waals surface area contributed by atoms with E-state index in [1.807, 2.05) is 12.1 Å². The molecule has 3 N–H and O–H groups in total. The lowest BCUT2D eigenvalue weighted by Crippen LogP contribution is -2.46. The van der Waals surface area contributed by atoms with Crippen molar-refractivity contribution in [1.82, 2.24) is 4.98 Å². The van der Waals surface area contributed by atoms with Crippen LogP contribution in [0.25, 0.3) is 0 Å². The zero-order valence-electron chi connectivity index (χ0n) is 11.7. The third kappa shape index (κ3) is 2.80. The maximum Gasteiger partial charge on any atom is 0.171 e. The first-order valence-electron chi connectivity index (χ1n) is 6.73. The molecule has 3 unspecified atom stereocenters. The van der Waals surface area contributed by atoms with Gasteiger partial charge in [-0.15, -0.1) is 0 Å². The van der Waals surface area contributed by atoms with Crippen molar-refractivity contribution < 1.29 is 5.21 Å². The average Bonchev–Trinajstić information content (AvgIpc) is 2.42. The zero-order valence-corrected chi connectivity index (χ0v) is 11.7. The van der Waals surface area contributed by atoms with Crippen molar-refractivity contribution in [3.8, 4) is 0 Å². The summed E-state index contributed by atoms with van der Waals surface area (Å²) in [5.41, 5.74) is 6.18. The van der Waals surface area contributed by atoms with Gasteiger partial charge in [0.1, 0.15) is 5.82 Å². The van der Waals surface area contributed by atoms with Crippen LogP contribution >= 0.6 is 0 Å². The Morgan fingerprint density at radius 3 is 2.74 bits per heavy atom. The Morgan fingerprint density at radius 2 is 2.16 bits per heavy atom. The molecule has 104 valence electrons. The summed E-state index contributed by atoms with van der Waals surface area (Å²) in [6.07, 6.45) is 2.92. The van der Waals surface area contributed by atoms with E-state index in [2.05, 4.69) is 35.8 Å². The summed E-state index contributed by atoms with van der Waals surface area (Å²) in [4.78, 5) is 6.79. The fourth-order valence-electron chi connectivity index (χ4n) is 2.78. The van der Waals surface area contributed by atoms with Crippen molar-refractivity contribution in [2.45, 2.75) is 33.2 Å². The van der Waals surface area contributed by atoms with Crippen molar-refractivity contribution in [3.63, 3.8) is 0 Å². The summed E-state index contributed by atoms with van der Waals surface area (Å²) < 4.78 is 0. The van der Waals surface area contributed by atoms with Crippen LogP contribution in [0.5, 0.6) is 0 Å². The molecule has 1 fully saturated rings. The number of amidine groups is 1. The van der Waals surface area contributed by atoms with Gasteiger partial charge in [0, 0.05) is 24.3 Å². The second-order valence-corrected chi connectivity index (χ2v) is 5.60. The minimum atomic E-state index is 0.0903. The van der Waals surface area contributed by atoms with E-state index in [0.29, 0.717) is 23.4 Å². The first-order chi connectivity index (χ1) is 9.02. The van der Waals surface area contributed by atoms with Gasteiger partial charge < -0.3 is 15.8 Å². The standard InChI is InChI=1S/C14H22N4O/c1-9-6-10(2)11(3)18(8-9)13-5-4-12(7-16-13)14(15)17-19/h4-5,7,9-11,19H,6,8H2,1-3H3,(H2,15,17). The number of hydrogen-bond acceptors (Lipinski definition) is 4. The van der Waals surface area contributed by atoms with Gasteiger partial charge in [-0.25, -0.2) is 4.98 Å². The number of pyridine rings is 1. The van der Waals surface area contributed by atoms with Gasteiger partial charge in [-0.2, -0.15) is 0 Å². The van der Waals surface area contributed by atoms with Crippen LogP contribution in [0.15, 0.2) is 23.5 Å². The minimum absolute atomic E-state index is 0.0903. The molecule has 0 radical (unpaired) electrons. The molecule has 3 atom stereocenters.